The molecule has 3 aliphatic rings. The number of hydrogen-bond acceptors (Lipinski definition) is 4. The monoisotopic (exact) mass is 300 g/mol. The highest BCUT2D eigenvalue weighted by molar-refractivity contribution is 5.86. The van der Waals surface area contributed by atoms with E-state index in [1.165, 1.54) is 0 Å². The van der Waals surface area contributed by atoms with Crippen LogP contribution in [0.25, 0.3) is 0 Å². The summed E-state index contributed by atoms with van der Waals surface area (Å²) in [6, 6.07) is 0. The molecule has 3 unspecified atom stereocenters. The van der Waals surface area contributed by atoms with Crippen molar-refractivity contribution in [1.82, 2.24) is 10.2 Å². The largest absolute Gasteiger partial charge is 0.392 e. The highest BCUT2D eigenvalue weighted by Gasteiger charge is 2.57. The first kappa shape index (κ1) is 15.2. The summed E-state index contributed by atoms with van der Waals surface area (Å²) in [7, 11) is 0. The topological polar surface area (TPSA) is 61.8 Å². The molecule has 5 nitrogen and oxygen atoms in total. The molecular formula is C15H25FN2O3. The molecule has 0 aromatic heterocycles. The van der Waals surface area contributed by atoms with Crippen molar-refractivity contribution in [2.24, 2.45) is 5.41 Å². The summed E-state index contributed by atoms with van der Waals surface area (Å²) in [6.07, 6.45) is 2.08. The Kier molecular flexibility index (Phi) is 3.96. The van der Waals surface area contributed by atoms with Gasteiger partial charge in [-0.15, -0.1) is 0 Å². The maximum atomic E-state index is 14.5. The number of halogens is 1. The van der Waals surface area contributed by atoms with Crippen molar-refractivity contribution >= 4 is 5.91 Å². The minimum absolute atomic E-state index is 0.0854. The number of carbonyl (C=O) groups excluding carboxylic acids is 1. The van der Waals surface area contributed by atoms with E-state index in [-0.39, 0.29) is 36.5 Å². The molecule has 2 heterocycles. The van der Waals surface area contributed by atoms with Gasteiger partial charge in [0.15, 0.2) is 0 Å². The molecule has 21 heavy (non-hydrogen) atoms. The van der Waals surface area contributed by atoms with Crippen LogP contribution >= 0.6 is 0 Å². The van der Waals surface area contributed by atoms with Gasteiger partial charge >= 0.3 is 0 Å². The lowest BCUT2D eigenvalue weighted by Gasteiger charge is -2.56. The van der Waals surface area contributed by atoms with Crippen LogP contribution in [0.4, 0.5) is 4.39 Å². The first-order chi connectivity index (χ1) is 10.0. The second-order valence-electron chi connectivity index (χ2n) is 6.61. The molecular weight excluding hydrogens is 275 g/mol. The number of ether oxygens (including phenoxy) is 1. The van der Waals surface area contributed by atoms with Crippen molar-refractivity contribution in [3.63, 3.8) is 0 Å². The van der Waals surface area contributed by atoms with E-state index in [2.05, 4.69) is 5.32 Å². The molecule has 2 saturated heterocycles. The molecule has 2 aliphatic heterocycles. The number of aliphatic hydroxyl groups excluding tert-OH is 1. The van der Waals surface area contributed by atoms with E-state index < -0.39 is 5.67 Å². The number of carbonyl (C=O) groups is 1. The van der Waals surface area contributed by atoms with Gasteiger partial charge in [0.25, 0.3) is 5.91 Å². The van der Waals surface area contributed by atoms with Crippen LogP contribution in [0.3, 0.4) is 0 Å². The number of piperidine rings is 1. The lowest BCUT2D eigenvalue weighted by atomic mass is 9.58. The number of nitrogens with zero attached hydrogens (tertiary/aromatic N) is 1. The molecule has 1 aliphatic carbocycles. The number of rotatable bonds is 3. The molecule has 0 bridgehead atoms. The average Bonchev–Trinajstić information content (AvgIpc) is 2.94. The number of amides is 1. The Labute approximate surface area is 124 Å². The lowest BCUT2D eigenvalue weighted by Crippen LogP contribution is -2.63. The summed E-state index contributed by atoms with van der Waals surface area (Å²) in [5.74, 6) is -0.385. The summed E-state index contributed by atoms with van der Waals surface area (Å²) in [4.78, 5) is 14.0. The Morgan fingerprint density at radius 1 is 1.43 bits per heavy atom. The van der Waals surface area contributed by atoms with Gasteiger partial charge in [-0.2, -0.15) is 0 Å². The SMILES string of the molecule is CCOC1CC(O)C12CCN(C(=O)C1(F)CCNC1)CC2. The van der Waals surface area contributed by atoms with Crippen molar-refractivity contribution in [1.29, 1.82) is 0 Å². The van der Waals surface area contributed by atoms with Crippen molar-refractivity contribution in [2.45, 2.75) is 50.5 Å². The predicted octanol–water partition coefficient (Wildman–Crippen LogP) is 0.466. The van der Waals surface area contributed by atoms with Crippen LogP contribution in [0.5, 0.6) is 0 Å². The minimum atomic E-state index is -1.73. The molecule has 1 amide bonds. The molecule has 0 aromatic rings. The van der Waals surface area contributed by atoms with Crippen molar-refractivity contribution in [3.05, 3.63) is 0 Å². The van der Waals surface area contributed by atoms with Crippen LogP contribution < -0.4 is 5.32 Å². The zero-order chi connectivity index (χ0) is 15.1. The summed E-state index contributed by atoms with van der Waals surface area (Å²) in [5.41, 5.74) is -1.95. The maximum absolute atomic E-state index is 14.5. The van der Waals surface area contributed by atoms with E-state index in [0.29, 0.717) is 45.5 Å². The fourth-order valence-electron chi connectivity index (χ4n) is 4.07. The third-order valence-corrected chi connectivity index (χ3v) is 5.58. The quantitative estimate of drug-likeness (QED) is 0.795. The van der Waals surface area contributed by atoms with Gasteiger partial charge in [0.05, 0.1) is 12.2 Å². The van der Waals surface area contributed by atoms with Gasteiger partial charge in [-0.3, -0.25) is 4.79 Å². The van der Waals surface area contributed by atoms with Gasteiger partial charge in [0, 0.05) is 44.5 Å². The summed E-state index contributed by atoms with van der Waals surface area (Å²) in [5, 5.41) is 13.1. The van der Waals surface area contributed by atoms with Crippen LogP contribution in [0, 0.1) is 5.41 Å². The molecule has 3 atom stereocenters. The maximum Gasteiger partial charge on any atom is 0.261 e. The molecule has 1 saturated carbocycles. The number of nitrogens with one attached hydrogen (secondary N) is 1. The second kappa shape index (κ2) is 5.48. The van der Waals surface area contributed by atoms with Gasteiger partial charge in [-0.25, -0.2) is 4.39 Å². The first-order valence-corrected chi connectivity index (χ1v) is 8.00. The Bertz CT molecular complexity index is 402. The highest BCUT2D eigenvalue weighted by Crippen LogP contribution is 2.51. The van der Waals surface area contributed by atoms with E-state index in [1.807, 2.05) is 6.92 Å². The van der Waals surface area contributed by atoms with Crippen molar-refractivity contribution < 1.29 is 19.0 Å². The second-order valence-corrected chi connectivity index (χ2v) is 6.61. The summed E-state index contributed by atoms with van der Waals surface area (Å²) in [6.45, 7) is 4.32. The molecule has 0 radical (unpaired) electrons. The Morgan fingerprint density at radius 2 is 2.14 bits per heavy atom. The minimum Gasteiger partial charge on any atom is -0.392 e. The molecule has 3 fully saturated rings. The molecule has 2 N–H and O–H groups in total. The highest BCUT2D eigenvalue weighted by atomic mass is 19.1. The summed E-state index contributed by atoms with van der Waals surface area (Å²) < 4.78 is 20.2. The molecule has 6 heteroatoms. The lowest BCUT2D eigenvalue weighted by molar-refractivity contribution is -0.211. The Balaban J connectivity index is 1.61. The van der Waals surface area contributed by atoms with Crippen LogP contribution in [-0.2, 0) is 9.53 Å². The van der Waals surface area contributed by atoms with Crippen LogP contribution in [0.2, 0.25) is 0 Å². The fourth-order valence-corrected chi connectivity index (χ4v) is 4.07. The van der Waals surface area contributed by atoms with E-state index in [9.17, 15) is 14.3 Å². The van der Waals surface area contributed by atoms with Gasteiger partial charge in [0.1, 0.15) is 0 Å². The molecule has 3 rings (SSSR count). The average molecular weight is 300 g/mol. The first-order valence-electron chi connectivity index (χ1n) is 8.00. The molecule has 1 spiro atoms. The van der Waals surface area contributed by atoms with E-state index in [1.54, 1.807) is 4.90 Å². The number of alkyl halides is 1. The van der Waals surface area contributed by atoms with Gasteiger partial charge in [0.2, 0.25) is 5.67 Å². The standard InChI is InChI=1S/C15H25FN2O3/c1-2-21-12-9-11(19)14(12)4-7-18(8-5-14)13(20)15(16)3-6-17-10-15/h11-12,17,19H,2-10H2,1H3. The number of hydrogen-bond donors (Lipinski definition) is 2. The fraction of sp³-hybridized carbons (Fsp3) is 0.933. The zero-order valence-electron chi connectivity index (χ0n) is 12.6. The normalized spacial score (nSPS) is 38.5. The van der Waals surface area contributed by atoms with Crippen molar-refractivity contribution in [2.75, 3.05) is 32.8 Å². The van der Waals surface area contributed by atoms with E-state index in [0.717, 1.165) is 0 Å². The third kappa shape index (κ3) is 2.37. The third-order valence-electron chi connectivity index (χ3n) is 5.58. The van der Waals surface area contributed by atoms with Crippen LogP contribution in [0.1, 0.15) is 32.6 Å². The van der Waals surface area contributed by atoms with Crippen molar-refractivity contribution in [3.8, 4) is 0 Å². The van der Waals surface area contributed by atoms with Gasteiger partial charge in [-0.1, -0.05) is 0 Å². The number of likely N-dealkylation sites (tertiary alicyclic amines) is 1. The molecule has 0 aromatic carbocycles. The van der Waals surface area contributed by atoms with Gasteiger partial charge in [-0.05, 0) is 26.3 Å². The van der Waals surface area contributed by atoms with Gasteiger partial charge < -0.3 is 20.1 Å². The predicted molar refractivity (Wildman–Crippen MR) is 75.6 cm³/mol. The van der Waals surface area contributed by atoms with E-state index in [4.69, 9.17) is 4.74 Å². The number of aliphatic hydroxyl groups is 1. The summed E-state index contributed by atoms with van der Waals surface area (Å²) >= 11 is 0. The Hall–Kier alpha value is -0.720. The Morgan fingerprint density at radius 3 is 2.67 bits per heavy atom. The van der Waals surface area contributed by atoms with E-state index >= 15 is 0 Å². The molecule has 120 valence electrons. The smallest absolute Gasteiger partial charge is 0.261 e. The van der Waals surface area contributed by atoms with Crippen LogP contribution in [0.15, 0.2) is 0 Å². The van der Waals surface area contributed by atoms with Crippen LogP contribution in [-0.4, -0.2) is 66.6 Å². The zero-order valence-corrected chi connectivity index (χ0v) is 12.6.